The van der Waals surface area contributed by atoms with E-state index in [0.29, 0.717) is 47.6 Å². The van der Waals surface area contributed by atoms with Crippen LogP contribution in [0.15, 0.2) is 24.3 Å². The Morgan fingerprint density at radius 3 is 2.45 bits per heavy atom. The molecular formula is C22H31Cl2N3O2. The Balaban J connectivity index is 0.00000102. The largest absolute Gasteiger partial charge is 0.496 e. The Labute approximate surface area is 185 Å². The molecule has 1 saturated carbocycles. The molecule has 1 aromatic rings. The molecule has 1 aromatic carbocycles. The van der Waals surface area contributed by atoms with Crippen LogP contribution in [0.5, 0.6) is 5.75 Å². The maximum absolute atomic E-state index is 13.5. The smallest absolute Gasteiger partial charge is 0.226 e. The second-order valence-electron chi connectivity index (χ2n) is 9.21. The van der Waals surface area contributed by atoms with Crippen LogP contribution in [0, 0.1) is 23.7 Å². The highest BCUT2D eigenvalue weighted by Gasteiger charge is 2.62. The summed E-state index contributed by atoms with van der Waals surface area (Å²) >= 11 is 0. The van der Waals surface area contributed by atoms with Crippen molar-refractivity contribution < 1.29 is 9.53 Å². The van der Waals surface area contributed by atoms with Crippen molar-refractivity contribution in [3.05, 3.63) is 29.8 Å². The van der Waals surface area contributed by atoms with Crippen molar-refractivity contribution in [2.75, 3.05) is 39.8 Å². The molecule has 5 aliphatic heterocycles. The van der Waals surface area contributed by atoms with Gasteiger partial charge in [0.15, 0.2) is 0 Å². The molecule has 6 aliphatic rings. The van der Waals surface area contributed by atoms with Gasteiger partial charge >= 0.3 is 0 Å². The number of nitrogens with zero attached hydrogens (tertiary/aromatic N) is 2. The van der Waals surface area contributed by atoms with E-state index in [1.807, 2.05) is 6.07 Å². The second kappa shape index (κ2) is 7.92. The van der Waals surface area contributed by atoms with Crippen LogP contribution in [0.4, 0.5) is 0 Å². The number of carbonyl (C=O) groups is 1. The number of carbonyl (C=O) groups excluding carboxylic acids is 1. The topological polar surface area (TPSA) is 44.8 Å². The van der Waals surface area contributed by atoms with E-state index in [2.05, 4.69) is 33.3 Å². The number of para-hydroxylation sites is 1. The summed E-state index contributed by atoms with van der Waals surface area (Å²) in [5, 5.41) is 3.43. The number of likely N-dealkylation sites (tertiary alicyclic amines) is 1. The number of ether oxygens (including phenoxy) is 1. The van der Waals surface area contributed by atoms with Gasteiger partial charge in [-0.15, -0.1) is 24.8 Å². The molecule has 1 unspecified atom stereocenters. The molecule has 5 heterocycles. The zero-order chi connectivity index (χ0) is 18.1. The maximum Gasteiger partial charge on any atom is 0.226 e. The number of amides is 1. The summed E-state index contributed by atoms with van der Waals surface area (Å²) < 4.78 is 5.70. The average molecular weight is 440 g/mol. The molecule has 0 radical (unpaired) electrons. The molecule has 1 N–H and O–H groups in total. The first-order chi connectivity index (χ1) is 13.3. The lowest BCUT2D eigenvalue weighted by atomic mass is 9.75. The SMILES string of the molecule is COc1ccccc1[C@@H]1CN(C(=O)C2[C@H]3CNC[C@@H]23)[C@@H]2C3CCN(CC3)[C@@H]21.Cl.Cl. The quantitative estimate of drug-likeness (QED) is 0.784. The Morgan fingerprint density at radius 1 is 1.07 bits per heavy atom. The van der Waals surface area contributed by atoms with Crippen LogP contribution >= 0.6 is 24.8 Å². The van der Waals surface area contributed by atoms with E-state index in [9.17, 15) is 4.79 Å². The molecule has 160 valence electrons. The minimum atomic E-state index is 0. The van der Waals surface area contributed by atoms with Crippen molar-refractivity contribution in [2.45, 2.75) is 30.8 Å². The maximum atomic E-state index is 13.5. The zero-order valence-electron chi connectivity index (χ0n) is 16.8. The number of hydrogen-bond acceptors (Lipinski definition) is 4. The Kier molecular flexibility index (Phi) is 5.80. The van der Waals surface area contributed by atoms with Crippen molar-refractivity contribution in [3.63, 3.8) is 0 Å². The van der Waals surface area contributed by atoms with E-state index in [-0.39, 0.29) is 24.8 Å². The van der Waals surface area contributed by atoms with E-state index in [0.717, 1.165) is 25.4 Å². The van der Waals surface area contributed by atoms with Gasteiger partial charge in [-0.05, 0) is 62.8 Å². The summed E-state index contributed by atoms with van der Waals surface area (Å²) in [4.78, 5) is 18.5. The van der Waals surface area contributed by atoms with Crippen LogP contribution < -0.4 is 10.1 Å². The highest BCUT2D eigenvalue weighted by Crippen LogP contribution is 2.53. The van der Waals surface area contributed by atoms with Crippen LogP contribution in [0.3, 0.4) is 0 Å². The van der Waals surface area contributed by atoms with E-state index < -0.39 is 0 Å². The van der Waals surface area contributed by atoms with Gasteiger partial charge in [-0.2, -0.15) is 0 Å². The van der Waals surface area contributed by atoms with Crippen LogP contribution in [0.25, 0.3) is 0 Å². The van der Waals surface area contributed by atoms with Gasteiger partial charge in [0.25, 0.3) is 0 Å². The first kappa shape index (κ1) is 21.2. The summed E-state index contributed by atoms with van der Waals surface area (Å²) in [6.07, 6.45) is 2.51. The van der Waals surface area contributed by atoms with Crippen molar-refractivity contribution in [2.24, 2.45) is 23.7 Å². The first-order valence-electron chi connectivity index (χ1n) is 10.7. The molecule has 5 saturated heterocycles. The fraction of sp³-hybridized carbons (Fsp3) is 0.682. The van der Waals surface area contributed by atoms with Gasteiger partial charge in [0, 0.05) is 30.0 Å². The zero-order valence-corrected chi connectivity index (χ0v) is 18.5. The minimum Gasteiger partial charge on any atom is -0.496 e. The van der Waals surface area contributed by atoms with Crippen LogP contribution in [-0.4, -0.2) is 67.6 Å². The van der Waals surface area contributed by atoms with Gasteiger partial charge < -0.3 is 15.0 Å². The minimum absolute atomic E-state index is 0. The monoisotopic (exact) mass is 439 g/mol. The first-order valence-corrected chi connectivity index (χ1v) is 10.7. The Morgan fingerprint density at radius 2 is 1.76 bits per heavy atom. The summed E-state index contributed by atoms with van der Waals surface area (Å²) in [5.74, 6) is 3.97. The third-order valence-corrected chi connectivity index (χ3v) is 8.19. The van der Waals surface area contributed by atoms with Gasteiger partial charge in [0.05, 0.1) is 13.2 Å². The normalized spacial score (nSPS) is 41.1. The van der Waals surface area contributed by atoms with Gasteiger partial charge in [-0.1, -0.05) is 18.2 Å². The van der Waals surface area contributed by atoms with Gasteiger partial charge in [-0.3, -0.25) is 9.69 Å². The van der Waals surface area contributed by atoms with Gasteiger partial charge in [0.2, 0.25) is 5.91 Å². The van der Waals surface area contributed by atoms with E-state index in [1.54, 1.807) is 7.11 Å². The molecule has 6 atom stereocenters. The number of halogens is 2. The average Bonchev–Trinajstić information content (AvgIpc) is 3.08. The van der Waals surface area contributed by atoms with E-state index >= 15 is 0 Å². The van der Waals surface area contributed by atoms with Crippen LogP contribution in [0.1, 0.15) is 24.3 Å². The molecule has 6 fully saturated rings. The summed E-state index contributed by atoms with van der Waals surface area (Å²) in [7, 11) is 1.76. The predicted molar refractivity (Wildman–Crippen MR) is 117 cm³/mol. The van der Waals surface area contributed by atoms with E-state index in [4.69, 9.17) is 4.74 Å². The fourth-order valence-corrected chi connectivity index (χ4v) is 6.89. The molecule has 1 amide bonds. The highest BCUT2D eigenvalue weighted by atomic mass is 35.5. The number of hydrogen-bond donors (Lipinski definition) is 1. The third-order valence-electron chi connectivity index (χ3n) is 8.19. The number of nitrogens with one attached hydrogen (secondary N) is 1. The number of piperidine rings is 4. The molecule has 0 aromatic heterocycles. The highest BCUT2D eigenvalue weighted by molar-refractivity contribution is 5.85. The molecule has 0 spiro atoms. The van der Waals surface area contributed by atoms with Crippen molar-refractivity contribution in [3.8, 4) is 5.75 Å². The number of benzene rings is 1. The molecule has 1 aliphatic carbocycles. The standard InChI is InChI=1S/C22H29N3O2.2ClH/c1-27-18-5-3-2-4-14(18)17-12-25(22(26)19-15-10-23-11-16(15)19)20-13-6-8-24(9-7-13)21(17)20;;/h2-5,13,15-17,19-21,23H,6-12H2,1H3;2*1H/t15-,16+,17-,19?,20+,21+;;/m0../s1. The summed E-state index contributed by atoms with van der Waals surface area (Å²) in [6.45, 7) is 5.32. The fourth-order valence-electron chi connectivity index (χ4n) is 6.89. The molecule has 7 rings (SSSR count). The van der Waals surface area contributed by atoms with Crippen LogP contribution in [-0.2, 0) is 4.79 Å². The van der Waals surface area contributed by atoms with Crippen molar-refractivity contribution in [1.82, 2.24) is 15.1 Å². The van der Waals surface area contributed by atoms with Gasteiger partial charge in [0.1, 0.15) is 5.75 Å². The predicted octanol–water partition coefficient (Wildman–Crippen LogP) is 2.39. The van der Waals surface area contributed by atoms with E-state index in [1.165, 1.54) is 31.5 Å². The summed E-state index contributed by atoms with van der Waals surface area (Å²) in [6, 6.07) is 9.32. The molecule has 29 heavy (non-hydrogen) atoms. The molecule has 2 bridgehead atoms. The third kappa shape index (κ3) is 3.08. The second-order valence-corrected chi connectivity index (χ2v) is 9.21. The molecule has 5 nitrogen and oxygen atoms in total. The number of rotatable bonds is 3. The lowest BCUT2D eigenvalue weighted by Gasteiger charge is -2.51. The molecular weight excluding hydrogens is 409 g/mol. The lowest BCUT2D eigenvalue weighted by Crippen LogP contribution is -2.61. The Bertz CT molecular complexity index is 760. The number of methoxy groups -OCH3 is 1. The Hall–Kier alpha value is -1.01. The van der Waals surface area contributed by atoms with Crippen molar-refractivity contribution in [1.29, 1.82) is 0 Å². The van der Waals surface area contributed by atoms with Gasteiger partial charge in [-0.25, -0.2) is 0 Å². The summed E-state index contributed by atoms with van der Waals surface area (Å²) in [5.41, 5.74) is 1.29. The van der Waals surface area contributed by atoms with Crippen molar-refractivity contribution >= 4 is 30.7 Å². The number of fused-ring (bicyclic) bond motifs is 3. The lowest BCUT2D eigenvalue weighted by molar-refractivity contribution is -0.138. The molecule has 7 heteroatoms. The van der Waals surface area contributed by atoms with Crippen LogP contribution in [0.2, 0.25) is 0 Å².